The molecule has 0 spiro atoms. The number of methoxy groups -OCH3 is 2. The predicted octanol–water partition coefficient (Wildman–Crippen LogP) is 9.67. The maximum absolute atomic E-state index is 14.2. The van der Waals surface area contributed by atoms with Gasteiger partial charge in [-0.15, -0.1) is 23.1 Å². The predicted molar refractivity (Wildman–Crippen MR) is 224 cm³/mol. The fraction of sp³-hybridized carbons (Fsp3) is 0.244. The molecule has 11 heteroatoms. The van der Waals surface area contributed by atoms with E-state index in [1.807, 2.05) is 36.4 Å². The van der Waals surface area contributed by atoms with Gasteiger partial charge in [-0.1, -0.05) is 75.4 Å². The first-order valence-electron chi connectivity index (χ1n) is 18.3. The molecule has 286 valence electrons. The summed E-state index contributed by atoms with van der Waals surface area (Å²) in [5.41, 5.74) is 3.89. The summed E-state index contributed by atoms with van der Waals surface area (Å²) < 4.78 is 10.9. The Bertz CT molecular complexity index is 2290. The molecule has 0 saturated carbocycles. The number of nitrogens with one attached hydrogen (secondary N) is 3. The Morgan fingerprint density at radius 1 is 0.911 bits per heavy atom. The van der Waals surface area contributed by atoms with Crippen LogP contribution < -0.4 is 25.4 Å². The lowest BCUT2D eigenvalue weighted by Gasteiger charge is -2.33. The molecule has 3 N–H and O–H groups in total. The van der Waals surface area contributed by atoms with Gasteiger partial charge in [0.1, 0.15) is 33.5 Å². The van der Waals surface area contributed by atoms with Crippen LogP contribution in [-0.2, 0) is 22.4 Å². The van der Waals surface area contributed by atoms with Crippen LogP contribution in [-0.4, -0.2) is 31.9 Å². The Hall–Kier alpha value is -5.83. The minimum atomic E-state index is -0.670. The van der Waals surface area contributed by atoms with Gasteiger partial charge in [0.2, 0.25) is 5.91 Å². The van der Waals surface area contributed by atoms with E-state index in [4.69, 9.17) is 9.47 Å². The van der Waals surface area contributed by atoms with Crippen molar-refractivity contribution >= 4 is 57.6 Å². The first-order chi connectivity index (χ1) is 27.0. The SMILES string of the molecule is COc1ccc(OC)c(/C=C(/NC(=O)c2ccccc2)C(=O)Nc2cccc(SC(C(=O)Nc3sc4c(c3C#N)CCC(C(C)(C)C)C4)c3ccccc3)c2)c1. The average Bonchev–Trinajstić information content (AvgIpc) is 3.56. The monoisotopic (exact) mass is 784 g/mol. The lowest BCUT2D eigenvalue weighted by atomic mass is 9.72. The van der Waals surface area contributed by atoms with Crippen molar-refractivity contribution in [2.75, 3.05) is 24.9 Å². The number of thiophene rings is 1. The normalized spacial score (nSPS) is 14.4. The first-order valence-corrected chi connectivity index (χ1v) is 20.0. The summed E-state index contributed by atoms with van der Waals surface area (Å²) in [5.74, 6) is 0.241. The maximum Gasteiger partial charge on any atom is 0.272 e. The van der Waals surface area contributed by atoms with Gasteiger partial charge in [0, 0.05) is 26.6 Å². The Balaban J connectivity index is 1.26. The molecule has 56 heavy (non-hydrogen) atoms. The molecule has 2 atom stereocenters. The van der Waals surface area contributed by atoms with Crippen LogP contribution in [0.1, 0.15) is 69.9 Å². The summed E-state index contributed by atoms with van der Waals surface area (Å²) >= 11 is 2.85. The van der Waals surface area contributed by atoms with Gasteiger partial charge in [-0.05, 0) is 96.3 Å². The molecule has 2 unspecified atom stereocenters. The van der Waals surface area contributed by atoms with Crippen molar-refractivity contribution in [3.05, 3.63) is 142 Å². The number of fused-ring (bicyclic) bond motifs is 1. The van der Waals surface area contributed by atoms with Gasteiger partial charge in [0.15, 0.2) is 0 Å². The molecule has 0 aliphatic heterocycles. The number of carbonyl (C=O) groups excluding carboxylic acids is 3. The number of rotatable bonds is 12. The molecule has 1 aliphatic rings. The second-order valence-corrected chi connectivity index (χ2v) is 16.8. The molecule has 1 aliphatic carbocycles. The highest BCUT2D eigenvalue weighted by atomic mass is 32.2. The van der Waals surface area contributed by atoms with E-state index in [0.29, 0.717) is 44.8 Å². The maximum atomic E-state index is 14.2. The summed E-state index contributed by atoms with van der Waals surface area (Å²) in [6, 6.07) is 32.8. The average molecular weight is 785 g/mol. The van der Waals surface area contributed by atoms with Crippen molar-refractivity contribution in [3.63, 3.8) is 0 Å². The van der Waals surface area contributed by atoms with Gasteiger partial charge < -0.3 is 25.4 Å². The number of nitrogens with zero attached hydrogens (tertiary/aromatic N) is 1. The minimum Gasteiger partial charge on any atom is -0.497 e. The van der Waals surface area contributed by atoms with Crippen LogP contribution in [0.4, 0.5) is 10.7 Å². The molecule has 0 saturated heterocycles. The van der Waals surface area contributed by atoms with Crippen molar-refractivity contribution in [1.29, 1.82) is 5.26 Å². The van der Waals surface area contributed by atoms with E-state index >= 15 is 0 Å². The second kappa shape index (κ2) is 17.8. The molecule has 1 aromatic heterocycles. The largest absolute Gasteiger partial charge is 0.497 e. The fourth-order valence-corrected chi connectivity index (χ4v) is 9.01. The van der Waals surface area contributed by atoms with E-state index in [0.717, 1.165) is 35.3 Å². The summed E-state index contributed by atoms with van der Waals surface area (Å²) in [5, 5.41) is 18.9. The summed E-state index contributed by atoms with van der Waals surface area (Å²) in [4.78, 5) is 43.3. The van der Waals surface area contributed by atoms with Crippen LogP contribution in [0.25, 0.3) is 6.08 Å². The van der Waals surface area contributed by atoms with Gasteiger partial charge in [-0.3, -0.25) is 14.4 Å². The Labute approximate surface area is 336 Å². The highest BCUT2D eigenvalue weighted by molar-refractivity contribution is 8.00. The zero-order chi connectivity index (χ0) is 39.8. The van der Waals surface area contributed by atoms with E-state index in [2.05, 4.69) is 42.8 Å². The third-order valence-electron chi connectivity index (χ3n) is 9.79. The van der Waals surface area contributed by atoms with Crippen LogP contribution in [0.2, 0.25) is 0 Å². The van der Waals surface area contributed by atoms with Gasteiger partial charge in [0.25, 0.3) is 11.8 Å². The Morgan fingerprint density at radius 2 is 1.64 bits per heavy atom. The molecule has 4 aromatic carbocycles. The number of thioether (sulfide) groups is 1. The Morgan fingerprint density at radius 3 is 2.32 bits per heavy atom. The lowest BCUT2D eigenvalue weighted by Crippen LogP contribution is -2.30. The minimum absolute atomic E-state index is 0.0224. The quantitative estimate of drug-likeness (QED) is 0.0849. The number of nitriles is 1. The van der Waals surface area contributed by atoms with E-state index in [1.54, 1.807) is 66.7 Å². The number of hydrogen-bond donors (Lipinski definition) is 3. The highest BCUT2D eigenvalue weighted by Crippen LogP contribution is 2.45. The van der Waals surface area contributed by atoms with Crippen LogP contribution in [0, 0.1) is 22.7 Å². The molecule has 1 heterocycles. The standard InChI is InChI=1S/C45H44N4O5S2/c1-45(2,3)31-19-21-35-36(27-46)44(56-39(35)25-31)49-43(52)40(28-13-8-6-9-14-28)55-34-18-12-17-32(26-34)47-42(51)37(48-41(50)29-15-10-7-11-16-29)24-30-23-33(53-4)20-22-38(30)54-5/h6-18,20,22-24,26,31,40H,19,21,25H2,1-5H3,(H,47,51)(H,48,50)(H,49,52)/b37-24+. The number of ether oxygens (including phenoxy) is 2. The second-order valence-electron chi connectivity index (χ2n) is 14.5. The van der Waals surface area contributed by atoms with Crippen molar-refractivity contribution in [2.24, 2.45) is 11.3 Å². The van der Waals surface area contributed by atoms with E-state index < -0.39 is 17.1 Å². The number of anilines is 2. The smallest absolute Gasteiger partial charge is 0.272 e. The molecular weight excluding hydrogens is 741 g/mol. The summed E-state index contributed by atoms with van der Waals surface area (Å²) in [6.45, 7) is 6.77. The third kappa shape index (κ3) is 9.51. The van der Waals surface area contributed by atoms with Crippen LogP contribution in [0.3, 0.4) is 0 Å². The highest BCUT2D eigenvalue weighted by Gasteiger charge is 2.33. The van der Waals surface area contributed by atoms with Crippen molar-refractivity contribution < 1.29 is 23.9 Å². The van der Waals surface area contributed by atoms with Crippen LogP contribution in [0.5, 0.6) is 11.5 Å². The third-order valence-corrected chi connectivity index (χ3v) is 12.2. The zero-order valence-corrected chi connectivity index (χ0v) is 33.6. The molecule has 5 aromatic rings. The van der Waals surface area contributed by atoms with E-state index in [-0.39, 0.29) is 17.0 Å². The van der Waals surface area contributed by atoms with Gasteiger partial charge in [-0.25, -0.2) is 0 Å². The molecule has 6 rings (SSSR count). The van der Waals surface area contributed by atoms with Gasteiger partial charge >= 0.3 is 0 Å². The number of amides is 3. The van der Waals surface area contributed by atoms with Gasteiger partial charge in [-0.2, -0.15) is 5.26 Å². The molecular formula is C45H44N4O5S2. The van der Waals surface area contributed by atoms with Crippen LogP contribution in [0.15, 0.2) is 114 Å². The Kier molecular flexibility index (Phi) is 12.6. The molecule has 0 fully saturated rings. The molecule has 0 radical (unpaired) electrons. The molecule has 0 bridgehead atoms. The van der Waals surface area contributed by atoms with Crippen molar-refractivity contribution in [3.8, 4) is 17.6 Å². The first kappa shape index (κ1) is 39.9. The van der Waals surface area contributed by atoms with E-state index in [1.165, 1.54) is 48.3 Å². The van der Waals surface area contributed by atoms with Crippen LogP contribution >= 0.6 is 23.1 Å². The summed E-state index contributed by atoms with van der Waals surface area (Å²) in [6.07, 6.45) is 4.26. The van der Waals surface area contributed by atoms with E-state index in [9.17, 15) is 19.6 Å². The number of hydrogen-bond acceptors (Lipinski definition) is 8. The molecule has 3 amide bonds. The van der Waals surface area contributed by atoms with Gasteiger partial charge in [0.05, 0.1) is 19.8 Å². The molecule has 9 nitrogen and oxygen atoms in total. The summed E-state index contributed by atoms with van der Waals surface area (Å²) in [7, 11) is 3.06. The van der Waals surface area contributed by atoms with Crippen molar-refractivity contribution in [2.45, 2.75) is 50.2 Å². The zero-order valence-electron chi connectivity index (χ0n) is 32.0. The topological polar surface area (TPSA) is 130 Å². The van der Waals surface area contributed by atoms with Crippen molar-refractivity contribution in [1.82, 2.24) is 5.32 Å². The fourth-order valence-electron chi connectivity index (χ4n) is 6.64. The number of benzene rings is 4. The number of carbonyl (C=O) groups is 3. The lowest BCUT2D eigenvalue weighted by molar-refractivity contribution is -0.116.